The molecule has 0 unspecified atom stereocenters. The van der Waals surface area contributed by atoms with Crippen molar-refractivity contribution in [1.82, 2.24) is 34.9 Å². The second-order valence-electron chi connectivity index (χ2n) is 5.28. The minimum absolute atomic E-state index is 0.256. The zero-order valence-corrected chi connectivity index (χ0v) is 13.1. The van der Waals surface area contributed by atoms with E-state index in [0.717, 1.165) is 11.1 Å². The molecule has 4 rings (SSSR count). The van der Waals surface area contributed by atoms with Crippen LogP contribution in [-0.4, -0.2) is 35.5 Å². The summed E-state index contributed by atoms with van der Waals surface area (Å²) in [5, 5.41) is 7.01. The molecule has 25 heavy (non-hydrogen) atoms. The fourth-order valence-corrected chi connectivity index (χ4v) is 2.37. The smallest absolute Gasteiger partial charge is 0.254 e. The lowest BCUT2D eigenvalue weighted by atomic mass is 10.2. The maximum Gasteiger partial charge on any atom is 0.254 e. The topological polar surface area (TPSA) is 98.0 Å². The van der Waals surface area contributed by atoms with Crippen molar-refractivity contribution < 1.29 is 4.79 Å². The summed E-state index contributed by atoms with van der Waals surface area (Å²) in [4.78, 5) is 29.0. The molecular formula is C17H13N7O. The first kappa shape index (κ1) is 14.9. The standard InChI is InChI=1S/C17H13N7O/c25-17(22-8-13-11-23-24-6-2-5-19-16(13)24)14-9-20-15(21-10-14)12-3-1-4-18-7-12/h1-7,9-11H,8H2,(H,22,25). The van der Waals surface area contributed by atoms with Gasteiger partial charge in [0.05, 0.1) is 11.8 Å². The molecule has 0 saturated heterocycles. The largest absolute Gasteiger partial charge is 0.348 e. The molecule has 122 valence electrons. The van der Waals surface area contributed by atoms with E-state index in [1.807, 2.05) is 12.1 Å². The molecule has 0 aliphatic heterocycles. The lowest BCUT2D eigenvalue weighted by molar-refractivity contribution is 0.0950. The fourth-order valence-electron chi connectivity index (χ4n) is 2.37. The highest BCUT2D eigenvalue weighted by Crippen LogP contribution is 2.12. The third-order valence-corrected chi connectivity index (χ3v) is 3.63. The summed E-state index contributed by atoms with van der Waals surface area (Å²) in [7, 11) is 0. The molecule has 8 heteroatoms. The Balaban J connectivity index is 1.46. The highest BCUT2D eigenvalue weighted by atomic mass is 16.1. The van der Waals surface area contributed by atoms with Gasteiger partial charge in [0.15, 0.2) is 11.5 Å². The Morgan fingerprint density at radius 3 is 2.72 bits per heavy atom. The lowest BCUT2D eigenvalue weighted by Gasteiger charge is -2.04. The number of rotatable bonds is 4. The van der Waals surface area contributed by atoms with Gasteiger partial charge in [-0.05, 0) is 18.2 Å². The SMILES string of the molecule is O=C(NCc1cnn2cccnc12)c1cnc(-c2cccnc2)nc1. The van der Waals surface area contributed by atoms with Crippen LogP contribution < -0.4 is 5.32 Å². The number of nitrogens with zero attached hydrogens (tertiary/aromatic N) is 6. The van der Waals surface area contributed by atoms with Crippen LogP contribution in [0.2, 0.25) is 0 Å². The van der Waals surface area contributed by atoms with Gasteiger partial charge >= 0.3 is 0 Å². The molecule has 8 nitrogen and oxygen atoms in total. The van der Waals surface area contributed by atoms with Gasteiger partial charge in [0.25, 0.3) is 5.91 Å². The minimum Gasteiger partial charge on any atom is -0.348 e. The Morgan fingerprint density at radius 1 is 1.04 bits per heavy atom. The Hall–Kier alpha value is -3.68. The molecule has 1 amide bonds. The van der Waals surface area contributed by atoms with E-state index < -0.39 is 0 Å². The first-order valence-electron chi connectivity index (χ1n) is 7.59. The maximum atomic E-state index is 12.3. The predicted molar refractivity (Wildman–Crippen MR) is 89.4 cm³/mol. The number of aromatic nitrogens is 6. The third kappa shape index (κ3) is 3.05. The number of hydrogen-bond donors (Lipinski definition) is 1. The van der Waals surface area contributed by atoms with E-state index in [4.69, 9.17) is 0 Å². The zero-order chi connectivity index (χ0) is 17.1. The van der Waals surface area contributed by atoms with Gasteiger partial charge in [-0.1, -0.05) is 0 Å². The number of carbonyl (C=O) groups is 1. The Labute approximate surface area is 142 Å². The molecule has 0 aliphatic rings. The van der Waals surface area contributed by atoms with Crippen molar-refractivity contribution >= 4 is 11.6 Å². The van der Waals surface area contributed by atoms with Crippen LogP contribution in [0, 0.1) is 0 Å². The number of amides is 1. The highest BCUT2D eigenvalue weighted by molar-refractivity contribution is 5.93. The van der Waals surface area contributed by atoms with E-state index in [0.29, 0.717) is 23.6 Å². The molecule has 0 atom stereocenters. The van der Waals surface area contributed by atoms with E-state index in [2.05, 4.69) is 30.4 Å². The van der Waals surface area contributed by atoms with Gasteiger partial charge in [-0.2, -0.15) is 5.10 Å². The van der Waals surface area contributed by atoms with Crippen molar-refractivity contribution in [3.63, 3.8) is 0 Å². The van der Waals surface area contributed by atoms with Crippen molar-refractivity contribution in [2.75, 3.05) is 0 Å². The Kier molecular flexibility index (Phi) is 3.83. The van der Waals surface area contributed by atoms with Crippen LogP contribution in [0.25, 0.3) is 17.0 Å². The first-order chi connectivity index (χ1) is 12.3. The number of pyridine rings is 1. The van der Waals surface area contributed by atoms with E-state index in [9.17, 15) is 4.79 Å². The van der Waals surface area contributed by atoms with E-state index in [1.165, 1.54) is 12.4 Å². The molecule has 0 fully saturated rings. The van der Waals surface area contributed by atoms with Gasteiger partial charge in [0.1, 0.15) is 0 Å². The summed E-state index contributed by atoms with van der Waals surface area (Å²) in [6.45, 7) is 0.323. The Bertz CT molecular complexity index is 1010. The molecule has 0 saturated carbocycles. The average Bonchev–Trinajstić information content (AvgIpc) is 3.10. The van der Waals surface area contributed by atoms with Crippen LogP contribution in [0.3, 0.4) is 0 Å². The van der Waals surface area contributed by atoms with Gasteiger partial charge in [0.2, 0.25) is 0 Å². The summed E-state index contributed by atoms with van der Waals surface area (Å²) in [6, 6.07) is 5.47. The summed E-state index contributed by atoms with van der Waals surface area (Å²) < 4.78 is 1.66. The molecule has 0 spiro atoms. The van der Waals surface area contributed by atoms with Crippen LogP contribution in [-0.2, 0) is 6.54 Å². The molecule has 0 aliphatic carbocycles. The van der Waals surface area contributed by atoms with E-state index in [-0.39, 0.29) is 5.91 Å². The Morgan fingerprint density at radius 2 is 1.92 bits per heavy atom. The molecule has 1 N–H and O–H groups in total. The molecule has 0 radical (unpaired) electrons. The maximum absolute atomic E-state index is 12.3. The fraction of sp³-hybridized carbons (Fsp3) is 0.0588. The number of hydrogen-bond acceptors (Lipinski definition) is 6. The summed E-state index contributed by atoms with van der Waals surface area (Å²) in [6.07, 6.45) is 11.5. The molecule has 4 aromatic heterocycles. The van der Waals surface area contributed by atoms with Crippen molar-refractivity contribution in [3.8, 4) is 11.4 Å². The van der Waals surface area contributed by atoms with Gasteiger partial charge in [-0.25, -0.2) is 19.5 Å². The van der Waals surface area contributed by atoms with E-state index >= 15 is 0 Å². The van der Waals surface area contributed by atoms with Crippen LogP contribution in [0.4, 0.5) is 0 Å². The average molecular weight is 331 g/mol. The van der Waals surface area contributed by atoms with Crippen LogP contribution >= 0.6 is 0 Å². The van der Waals surface area contributed by atoms with Crippen molar-refractivity contribution in [2.45, 2.75) is 6.54 Å². The second-order valence-corrected chi connectivity index (χ2v) is 5.28. The van der Waals surface area contributed by atoms with Gasteiger partial charge in [-0.15, -0.1) is 0 Å². The van der Waals surface area contributed by atoms with Crippen LogP contribution in [0.5, 0.6) is 0 Å². The zero-order valence-electron chi connectivity index (χ0n) is 13.1. The van der Waals surface area contributed by atoms with Crippen molar-refractivity contribution in [1.29, 1.82) is 0 Å². The summed E-state index contributed by atoms with van der Waals surface area (Å²) >= 11 is 0. The molecule has 0 bridgehead atoms. The van der Waals surface area contributed by atoms with Gasteiger partial charge in [0, 0.05) is 54.9 Å². The molecule has 4 heterocycles. The lowest BCUT2D eigenvalue weighted by Crippen LogP contribution is -2.23. The van der Waals surface area contributed by atoms with Crippen LogP contribution in [0.1, 0.15) is 15.9 Å². The normalized spacial score (nSPS) is 10.7. The number of fused-ring (bicyclic) bond motifs is 1. The van der Waals surface area contributed by atoms with Crippen LogP contribution in [0.15, 0.2) is 61.6 Å². The predicted octanol–water partition coefficient (Wildman–Crippen LogP) is 1.51. The van der Waals surface area contributed by atoms with E-state index in [1.54, 1.807) is 41.6 Å². The van der Waals surface area contributed by atoms with Gasteiger partial charge < -0.3 is 5.32 Å². The molecule has 4 aromatic rings. The molecule has 0 aromatic carbocycles. The third-order valence-electron chi connectivity index (χ3n) is 3.63. The first-order valence-corrected chi connectivity index (χ1v) is 7.59. The molecular weight excluding hydrogens is 318 g/mol. The summed E-state index contributed by atoms with van der Waals surface area (Å²) in [5.74, 6) is 0.268. The van der Waals surface area contributed by atoms with Crippen molar-refractivity contribution in [3.05, 3.63) is 72.7 Å². The van der Waals surface area contributed by atoms with Gasteiger partial charge in [-0.3, -0.25) is 9.78 Å². The second kappa shape index (κ2) is 6.44. The quantitative estimate of drug-likeness (QED) is 0.609. The van der Waals surface area contributed by atoms with Crippen molar-refractivity contribution in [2.24, 2.45) is 0 Å². The highest BCUT2D eigenvalue weighted by Gasteiger charge is 2.10. The number of carbonyl (C=O) groups excluding carboxylic acids is 1. The minimum atomic E-state index is -0.256. The number of nitrogens with one attached hydrogen (secondary N) is 1. The monoisotopic (exact) mass is 331 g/mol. The summed E-state index contributed by atoms with van der Waals surface area (Å²) in [5.41, 5.74) is 2.73.